The van der Waals surface area contributed by atoms with E-state index in [1.807, 2.05) is 0 Å². The number of hydrogen-bond acceptors (Lipinski definition) is 0. The second kappa shape index (κ2) is 35.4. The Hall–Kier alpha value is -11.0. The van der Waals surface area contributed by atoms with Gasteiger partial charge < -0.3 is 26.7 Å². The zero-order chi connectivity index (χ0) is 77.5. The molecule has 0 bridgehead atoms. The molecule has 0 aliphatic carbocycles. The van der Waals surface area contributed by atoms with Crippen LogP contribution in [-0.2, 0) is 5.41 Å². The van der Waals surface area contributed by atoms with Crippen molar-refractivity contribution >= 4 is 87.8 Å². The summed E-state index contributed by atoms with van der Waals surface area (Å²) in [7, 11) is -13.3. The number of benzene rings is 12. The maximum atomic E-state index is 9.75. The first-order valence-corrected chi connectivity index (χ1v) is 35.5. The maximum Gasteiger partial charge on any atom is 0.762 e. The van der Waals surface area contributed by atoms with Gasteiger partial charge in [0.15, 0.2) is 0 Å². The lowest BCUT2D eigenvalue weighted by Gasteiger charge is -2.21. The van der Waals surface area contributed by atoms with Gasteiger partial charge in [-0.25, -0.2) is 0 Å². The standard InChI is InChI=1S/C33H34N.C30H28N.C28H24N.BF4.2BF3.2FH/c1-21-13-15-27-29(19-21)34(26-11-9-8-10-12-26)30-20-25(33(5,6)7)14-16-28(30)32(27)31-23(3)17-22(2)18-24(31)4;1-19-11-13-27-25(17-19)30(29-22(4)15-21(3)16-23(29)5)26-18-20(2)12-14-28(26)31(27)24-9-7-6-8-10-24;1-19-17-20(2)27(21(3)18-19)28-23-13-7-9-15-25(23)29(22-11-5-4-6-12-22)26-16-10-8-14-24(26)28;2-1(3,4)5;2*2-1(3)4;;/h8-20H,1-7H3;6-18H,1-5H3;4-18H,1-3H3;;;;2*1H/q3*+1;-1;;;;/p-2. The third kappa shape index (κ3) is 19.3. The van der Waals surface area contributed by atoms with E-state index in [2.05, 4.69) is 366 Å². The van der Waals surface area contributed by atoms with Crippen LogP contribution in [-0.4, -0.2) is 22.3 Å². The van der Waals surface area contributed by atoms with Crippen LogP contribution < -0.4 is 23.1 Å². The predicted octanol–water partition coefficient (Wildman–Crippen LogP) is 19.9. The average Bonchev–Trinajstić information content (AvgIpc) is 0.749. The Morgan fingerprint density at radius 2 is 0.486 bits per heavy atom. The summed E-state index contributed by atoms with van der Waals surface area (Å²) in [5.74, 6) is 0. The fraction of sp³-hybridized carbons (Fsp3) is 0.176. The van der Waals surface area contributed by atoms with Gasteiger partial charge in [-0.3, -0.25) is 25.9 Å². The lowest BCUT2D eigenvalue weighted by Crippen LogP contribution is -3.00. The van der Waals surface area contributed by atoms with Crippen molar-refractivity contribution in [2.45, 2.75) is 109 Å². The van der Waals surface area contributed by atoms with Crippen molar-refractivity contribution in [3.05, 3.63) is 321 Å². The molecule has 0 unspecified atom stereocenters. The Bertz CT molecular complexity index is 5550. The third-order valence-corrected chi connectivity index (χ3v) is 19.0. The van der Waals surface area contributed by atoms with Gasteiger partial charge in [0.05, 0.1) is 32.3 Å². The Morgan fingerprint density at radius 3 is 0.807 bits per heavy atom. The average molecular weight is 1480 g/mol. The van der Waals surface area contributed by atoms with E-state index in [-0.39, 0.29) is 14.8 Å². The van der Waals surface area contributed by atoms with Gasteiger partial charge >= 0.3 is 22.3 Å². The number of fused-ring (bicyclic) bond motifs is 6. The zero-order valence-corrected chi connectivity index (χ0v) is 63.8. The number of pyridine rings is 3. The SMILES string of the molecule is Cc1cc(C)c(-c2c3cc(C)ccc3[n+](-c3ccccc3)c3ccc(C)cc23)c(C)c1.Cc1cc(C)c(-c2c3ccc(C)cc3[n+](-c3ccccc3)c3cc(C(C)(C)C)ccc23)c(C)c1.Cc1cc(C)c(-c2c3ccccc3[n+](-c3ccccc3)c3ccccc23)c(C)c1.FB(F)F.FB(F)F.F[B-](F)(F)F.[F-].[F-]. The molecular formula is C91H86B3F12N3. The molecule has 0 saturated heterocycles. The molecule has 0 N–H and O–H groups in total. The molecule has 0 spiro atoms. The van der Waals surface area contributed by atoms with Crippen LogP contribution in [0.2, 0.25) is 0 Å². The number of aromatic nitrogens is 3. The molecule has 3 heterocycles. The Labute approximate surface area is 631 Å². The minimum atomic E-state index is -6.00. The number of aryl methyl sites for hydroxylation is 12. The molecule has 18 heteroatoms. The van der Waals surface area contributed by atoms with Gasteiger partial charge in [0.25, 0.3) is 0 Å². The van der Waals surface area contributed by atoms with Crippen LogP contribution in [0.15, 0.2) is 249 Å². The molecule has 0 amide bonds. The van der Waals surface area contributed by atoms with E-state index in [1.165, 1.54) is 188 Å². The number of nitrogens with zero attached hydrogens (tertiary/aromatic N) is 3. The summed E-state index contributed by atoms with van der Waals surface area (Å²) in [5.41, 5.74) is 36.3. The van der Waals surface area contributed by atoms with Crippen molar-refractivity contribution in [1.82, 2.24) is 0 Å². The zero-order valence-electron chi connectivity index (χ0n) is 63.8. The molecule has 15 aromatic rings. The van der Waals surface area contributed by atoms with Gasteiger partial charge in [0.2, 0.25) is 50.2 Å². The van der Waals surface area contributed by atoms with Crippen molar-refractivity contribution in [2.24, 2.45) is 0 Å². The van der Waals surface area contributed by atoms with Crippen molar-refractivity contribution < 1.29 is 66.3 Å². The molecule has 15 rings (SSSR count). The Balaban J connectivity index is 0.000000189. The molecular weight excluding hydrogens is 1400 g/mol. The monoisotopic (exact) mass is 1480 g/mol. The highest BCUT2D eigenvalue weighted by atomic mass is 19.5. The Kier molecular flexibility index (Phi) is 27.1. The number of hydrogen-bond donors (Lipinski definition) is 0. The van der Waals surface area contributed by atoms with Crippen molar-refractivity contribution in [3.63, 3.8) is 0 Å². The minimum absolute atomic E-state index is 0. The lowest BCUT2D eigenvalue weighted by atomic mass is 9.84. The fourth-order valence-electron chi connectivity index (χ4n) is 15.2. The molecule has 0 aliphatic rings. The quantitative estimate of drug-likeness (QED) is 0.0681. The summed E-state index contributed by atoms with van der Waals surface area (Å²) in [6.07, 6.45) is 0. The minimum Gasteiger partial charge on any atom is -1.00 e. The van der Waals surface area contributed by atoms with Crippen molar-refractivity contribution in [2.75, 3.05) is 0 Å². The first-order chi connectivity index (χ1) is 50.7. The van der Waals surface area contributed by atoms with Crippen molar-refractivity contribution in [3.8, 4) is 50.4 Å². The second-order valence-corrected chi connectivity index (χ2v) is 28.5. The van der Waals surface area contributed by atoms with Crippen LogP contribution in [0.4, 0.5) is 43.2 Å². The van der Waals surface area contributed by atoms with Gasteiger partial charge in [0, 0.05) is 89.5 Å². The molecule has 0 aliphatic heterocycles. The van der Waals surface area contributed by atoms with E-state index in [1.54, 1.807) is 0 Å². The summed E-state index contributed by atoms with van der Waals surface area (Å²) >= 11 is 0. The van der Waals surface area contributed by atoms with E-state index in [0.717, 1.165) is 0 Å². The third-order valence-electron chi connectivity index (χ3n) is 19.0. The first kappa shape index (κ1) is 83.6. The molecule has 3 nitrogen and oxygen atoms in total. The van der Waals surface area contributed by atoms with Gasteiger partial charge in [-0.05, 0) is 186 Å². The van der Waals surface area contributed by atoms with E-state index in [4.69, 9.17) is 0 Å². The highest BCUT2D eigenvalue weighted by Crippen LogP contribution is 2.43. The summed E-state index contributed by atoms with van der Waals surface area (Å²) in [6.45, 7) is 33.5. The summed E-state index contributed by atoms with van der Waals surface area (Å²) in [4.78, 5) is 0. The van der Waals surface area contributed by atoms with Crippen LogP contribution in [0, 0.1) is 83.1 Å². The summed E-state index contributed by atoms with van der Waals surface area (Å²) < 4.78 is 104. The first-order valence-electron chi connectivity index (χ1n) is 35.5. The number of halogens is 12. The topological polar surface area (TPSA) is 11.6 Å². The van der Waals surface area contributed by atoms with E-state index in [0.29, 0.717) is 0 Å². The lowest BCUT2D eigenvalue weighted by molar-refractivity contribution is -0.538. The van der Waals surface area contributed by atoms with Gasteiger partial charge in [-0.1, -0.05) is 188 Å². The fourth-order valence-corrected chi connectivity index (χ4v) is 15.2. The number of para-hydroxylation sites is 5. The highest BCUT2D eigenvalue weighted by molar-refractivity contribution is 6.50. The van der Waals surface area contributed by atoms with E-state index < -0.39 is 22.3 Å². The Morgan fingerprint density at radius 1 is 0.248 bits per heavy atom. The van der Waals surface area contributed by atoms with Crippen LogP contribution >= 0.6 is 0 Å². The molecule has 3 aromatic heterocycles. The van der Waals surface area contributed by atoms with Crippen LogP contribution in [0.1, 0.15) is 93.1 Å². The molecule has 558 valence electrons. The summed E-state index contributed by atoms with van der Waals surface area (Å²) in [5, 5.41) is 7.76. The number of rotatable bonds is 6. The van der Waals surface area contributed by atoms with Gasteiger partial charge in [0.1, 0.15) is 0 Å². The molecule has 0 radical (unpaired) electrons. The molecule has 0 saturated carbocycles. The largest absolute Gasteiger partial charge is 1.00 e. The van der Waals surface area contributed by atoms with Gasteiger partial charge in [-0.15, -0.1) is 0 Å². The van der Waals surface area contributed by atoms with E-state index >= 15 is 0 Å². The molecule has 0 atom stereocenters. The smallest absolute Gasteiger partial charge is 0.762 e. The normalized spacial score (nSPS) is 11.0. The summed E-state index contributed by atoms with van der Waals surface area (Å²) in [6, 6.07) is 91.2. The van der Waals surface area contributed by atoms with Crippen LogP contribution in [0.3, 0.4) is 0 Å². The maximum absolute atomic E-state index is 9.75. The van der Waals surface area contributed by atoms with Crippen molar-refractivity contribution in [1.29, 1.82) is 0 Å². The van der Waals surface area contributed by atoms with Gasteiger partial charge in [-0.2, -0.15) is 13.7 Å². The molecule has 109 heavy (non-hydrogen) atoms. The van der Waals surface area contributed by atoms with E-state index in [9.17, 15) is 43.2 Å². The van der Waals surface area contributed by atoms with Crippen LogP contribution in [0.25, 0.3) is 116 Å². The van der Waals surface area contributed by atoms with Crippen LogP contribution in [0.5, 0.6) is 0 Å². The molecule has 0 fully saturated rings. The predicted molar refractivity (Wildman–Crippen MR) is 429 cm³/mol. The molecule has 12 aromatic carbocycles. The highest BCUT2D eigenvalue weighted by Gasteiger charge is 2.30. The second-order valence-electron chi connectivity index (χ2n) is 28.5.